The predicted molar refractivity (Wildman–Crippen MR) is 57.0 cm³/mol. The van der Waals surface area contributed by atoms with Crippen molar-refractivity contribution >= 4 is 18.0 Å². The van der Waals surface area contributed by atoms with Crippen LogP contribution in [0.3, 0.4) is 0 Å². The van der Waals surface area contributed by atoms with Crippen LogP contribution in [0.1, 0.15) is 39.0 Å². The van der Waals surface area contributed by atoms with Gasteiger partial charge in [0.2, 0.25) is 0 Å². The summed E-state index contributed by atoms with van der Waals surface area (Å²) in [5, 5.41) is 0. The van der Waals surface area contributed by atoms with Crippen LogP contribution >= 0.6 is 12.0 Å². The van der Waals surface area contributed by atoms with E-state index in [0.717, 1.165) is 31.4 Å². The average molecular weight is 218 g/mol. The minimum absolute atomic E-state index is 0.0721. The van der Waals surface area contributed by atoms with Crippen molar-refractivity contribution in [2.45, 2.75) is 45.1 Å². The van der Waals surface area contributed by atoms with Gasteiger partial charge in [-0.15, -0.1) is 0 Å². The summed E-state index contributed by atoms with van der Waals surface area (Å²) in [6, 6.07) is 0. The van der Waals surface area contributed by atoms with E-state index in [1.165, 1.54) is 12.0 Å². The van der Waals surface area contributed by atoms with Gasteiger partial charge >= 0.3 is 5.97 Å². The van der Waals surface area contributed by atoms with Gasteiger partial charge in [-0.05, 0) is 31.3 Å². The Morgan fingerprint density at radius 3 is 3.14 bits per heavy atom. The van der Waals surface area contributed by atoms with Gasteiger partial charge in [0.1, 0.15) is 0 Å². The van der Waals surface area contributed by atoms with Crippen LogP contribution in [0.15, 0.2) is 0 Å². The largest absolute Gasteiger partial charge is 0.466 e. The Bertz CT molecular complexity index is 167. The molecule has 1 aliphatic heterocycles. The van der Waals surface area contributed by atoms with E-state index in [9.17, 15) is 4.79 Å². The summed E-state index contributed by atoms with van der Waals surface area (Å²) in [6.45, 7) is 2.63. The summed E-state index contributed by atoms with van der Waals surface area (Å²) in [4.78, 5) is 11.3. The molecule has 1 aliphatic rings. The van der Waals surface area contributed by atoms with Crippen LogP contribution in [0.5, 0.6) is 0 Å². The van der Waals surface area contributed by atoms with Crippen LogP contribution < -0.4 is 0 Å². The first-order valence-corrected chi connectivity index (χ1v) is 6.18. The van der Waals surface area contributed by atoms with Gasteiger partial charge in [-0.3, -0.25) is 4.79 Å². The molecule has 0 aromatic carbocycles. The SMILES string of the molecule is CCCCOC(=O)CC1CCCSO1. The van der Waals surface area contributed by atoms with Crippen molar-refractivity contribution < 1.29 is 13.7 Å². The molecule has 4 heteroatoms. The molecule has 0 aromatic rings. The number of unbranched alkanes of at least 4 members (excludes halogenated alkanes) is 1. The predicted octanol–water partition coefficient (Wildman–Crippen LogP) is 2.55. The minimum atomic E-state index is -0.119. The summed E-state index contributed by atoms with van der Waals surface area (Å²) >= 11 is 1.47. The molecular formula is C10H18O3S. The highest BCUT2D eigenvalue weighted by molar-refractivity contribution is 7.94. The van der Waals surface area contributed by atoms with Gasteiger partial charge in [-0.25, -0.2) is 0 Å². The Balaban J connectivity index is 2.06. The van der Waals surface area contributed by atoms with Crippen LogP contribution in [-0.4, -0.2) is 24.4 Å². The summed E-state index contributed by atoms with van der Waals surface area (Å²) in [6.07, 6.45) is 4.61. The molecule has 14 heavy (non-hydrogen) atoms. The number of hydrogen-bond acceptors (Lipinski definition) is 4. The average Bonchev–Trinajstić information content (AvgIpc) is 2.20. The molecule has 1 unspecified atom stereocenters. The van der Waals surface area contributed by atoms with Crippen LogP contribution in [0.4, 0.5) is 0 Å². The van der Waals surface area contributed by atoms with Gasteiger partial charge in [-0.1, -0.05) is 13.3 Å². The minimum Gasteiger partial charge on any atom is -0.466 e. The maximum absolute atomic E-state index is 11.3. The Morgan fingerprint density at radius 2 is 2.50 bits per heavy atom. The van der Waals surface area contributed by atoms with E-state index in [1.54, 1.807) is 0 Å². The van der Waals surface area contributed by atoms with Crippen LogP contribution in [-0.2, 0) is 13.7 Å². The molecule has 0 radical (unpaired) electrons. The van der Waals surface area contributed by atoms with Crippen molar-refractivity contribution in [3.05, 3.63) is 0 Å². The molecule has 0 amide bonds. The molecule has 1 heterocycles. The molecule has 1 atom stereocenters. The normalized spacial score (nSPS) is 21.9. The fourth-order valence-electron chi connectivity index (χ4n) is 1.27. The number of hydrogen-bond donors (Lipinski definition) is 0. The molecule has 3 nitrogen and oxygen atoms in total. The molecule has 0 spiro atoms. The maximum atomic E-state index is 11.3. The van der Waals surface area contributed by atoms with Crippen molar-refractivity contribution in [1.29, 1.82) is 0 Å². The first-order valence-electron chi connectivity index (χ1n) is 5.27. The number of rotatable bonds is 5. The molecule has 1 rings (SSSR count). The quantitative estimate of drug-likeness (QED) is 0.403. The summed E-state index contributed by atoms with van der Waals surface area (Å²) in [7, 11) is 0. The molecule has 1 fully saturated rings. The Labute approximate surface area is 89.7 Å². The number of ether oxygens (including phenoxy) is 1. The lowest BCUT2D eigenvalue weighted by Crippen LogP contribution is -2.20. The maximum Gasteiger partial charge on any atom is 0.308 e. The fraction of sp³-hybridized carbons (Fsp3) is 0.900. The van der Waals surface area contributed by atoms with E-state index < -0.39 is 0 Å². The van der Waals surface area contributed by atoms with E-state index in [2.05, 4.69) is 6.92 Å². The number of esters is 1. The molecular weight excluding hydrogens is 200 g/mol. The lowest BCUT2D eigenvalue weighted by atomic mass is 10.1. The molecule has 0 bridgehead atoms. The summed E-state index contributed by atoms with van der Waals surface area (Å²) in [5.41, 5.74) is 0. The van der Waals surface area contributed by atoms with Crippen molar-refractivity contribution in [2.24, 2.45) is 0 Å². The van der Waals surface area contributed by atoms with Gasteiger partial charge in [-0.2, -0.15) is 0 Å². The van der Waals surface area contributed by atoms with Gasteiger partial charge in [0.15, 0.2) is 0 Å². The number of carbonyl (C=O) groups is 1. The first-order chi connectivity index (χ1) is 6.83. The topological polar surface area (TPSA) is 35.5 Å². The molecule has 0 saturated carbocycles. The Kier molecular flexibility index (Phi) is 6.03. The zero-order valence-corrected chi connectivity index (χ0v) is 9.48. The zero-order valence-electron chi connectivity index (χ0n) is 8.66. The lowest BCUT2D eigenvalue weighted by molar-refractivity contribution is -0.145. The van der Waals surface area contributed by atoms with Crippen LogP contribution in [0.2, 0.25) is 0 Å². The highest BCUT2D eigenvalue weighted by atomic mass is 32.2. The van der Waals surface area contributed by atoms with E-state index in [1.807, 2.05) is 0 Å². The summed E-state index contributed by atoms with van der Waals surface area (Å²) in [5.74, 6) is 0.924. The van der Waals surface area contributed by atoms with E-state index >= 15 is 0 Å². The first kappa shape index (κ1) is 11.9. The highest BCUT2D eigenvalue weighted by Crippen LogP contribution is 2.23. The standard InChI is InChI=1S/C10H18O3S/c1-2-3-6-12-10(11)8-9-5-4-7-14-13-9/h9H,2-8H2,1H3. The Hall–Kier alpha value is -0.220. The van der Waals surface area contributed by atoms with Crippen LogP contribution in [0.25, 0.3) is 0 Å². The van der Waals surface area contributed by atoms with Crippen molar-refractivity contribution in [1.82, 2.24) is 0 Å². The third-order valence-corrected chi connectivity index (χ3v) is 2.98. The molecule has 1 saturated heterocycles. The highest BCUT2D eigenvalue weighted by Gasteiger charge is 2.19. The Morgan fingerprint density at radius 1 is 1.64 bits per heavy atom. The van der Waals surface area contributed by atoms with Gasteiger partial charge in [0, 0.05) is 5.75 Å². The van der Waals surface area contributed by atoms with E-state index in [-0.39, 0.29) is 12.1 Å². The van der Waals surface area contributed by atoms with Gasteiger partial charge in [0.25, 0.3) is 0 Å². The molecule has 0 N–H and O–H groups in total. The van der Waals surface area contributed by atoms with E-state index in [4.69, 9.17) is 8.92 Å². The third kappa shape index (κ3) is 4.86. The van der Waals surface area contributed by atoms with E-state index in [0.29, 0.717) is 13.0 Å². The molecule has 82 valence electrons. The van der Waals surface area contributed by atoms with Crippen molar-refractivity contribution in [3.8, 4) is 0 Å². The third-order valence-electron chi connectivity index (χ3n) is 2.11. The van der Waals surface area contributed by atoms with Gasteiger partial charge < -0.3 is 8.92 Å². The molecule has 0 aliphatic carbocycles. The van der Waals surface area contributed by atoms with Crippen molar-refractivity contribution in [2.75, 3.05) is 12.4 Å². The monoisotopic (exact) mass is 218 g/mol. The van der Waals surface area contributed by atoms with Crippen molar-refractivity contribution in [3.63, 3.8) is 0 Å². The second kappa shape index (κ2) is 7.12. The lowest BCUT2D eigenvalue weighted by Gasteiger charge is -2.20. The zero-order chi connectivity index (χ0) is 10.2. The second-order valence-corrected chi connectivity index (χ2v) is 4.30. The van der Waals surface area contributed by atoms with Crippen LogP contribution in [0, 0.1) is 0 Å². The van der Waals surface area contributed by atoms with Gasteiger partial charge in [0.05, 0.1) is 19.1 Å². The summed E-state index contributed by atoms with van der Waals surface area (Å²) < 4.78 is 10.4. The number of carbonyl (C=O) groups excluding carboxylic acids is 1. The smallest absolute Gasteiger partial charge is 0.308 e. The second-order valence-electron chi connectivity index (χ2n) is 3.46. The fourth-order valence-corrected chi connectivity index (χ4v) is 2.01. The molecule has 0 aromatic heterocycles.